The number of fused-ring (bicyclic) bond motifs is 3. The summed E-state index contributed by atoms with van der Waals surface area (Å²) < 4.78 is 15.9. The van der Waals surface area contributed by atoms with E-state index in [0.29, 0.717) is 49.3 Å². The molecule has 7 rings (SSSR count). The fourth-order valence-corrected chi connectivity index (χ4v) is 6.92. The number of pyridine rings is 1. The third-order valence-electron chi connectivity index (χ3n) is 9.50. The van der Waals surface area contributed by atoms with Crippen LogP contribution in [0.5, 0.6) is 5.75 Å². The van der Waals surface area contributed by atoms with Gasteiger partial charge in [0.1, 0.15) is 23.3 Å². The number of piperidine rings is 1. The zero-order valence-corrected chi connectivity index (χ0v) is 28.0. The maximum Gasteiger partial charge on any atom is 0.249 e. The molecule has 262 valence electrons. The molecule has 2 aromatic carbocycles. The van der Waals surface area contributed by atoms with E-state index in [0.717, 1.165) is 47.6 Å². The van der Waals surface area contributed by atoms with E-state index in [2.05, 4.69) is 33.6 Å². The topological polar surface area (TPSA) is 194 Å². The normalized spacial score (nSPS) is 19.8. The van der Waals surface area contributed by atoms with Gasteiger partial charge in [0.2, 0.25) is 11.8 Å². The van der Waals surface area contributed by atoms with Gasteiger partial charge in [-0.2, -0.15) is 5.10 Å². The van der Waals surface area contributed by atoms with E-state index in [9.17, 15) is 14.7 Å². The van der Waals surface area contributed by atoms with Gasteiger partial charge < -0.3 is 30.3 Å². The van der Waals surface area contributed by atoms with Gasteiger partial charge in [0.25, 0.3) is 0 Å². The molecule has 51 heavy (non-hydrogen) atoms. The lowest BCUT2D eigenvalue weighted by atomic mass is 10.0. The molecule has 2 amide bonds. The maximum absolute atomic E-state index is 12.8. The van der Waals surface area contributed by atoms with Crippen LogP contribution in [0.1, 0.15) is 54.8 Å². The fourth-order valence-electron chi connectivity index (χ4n) is 6.92. The van der Waals surface area contributed by atoms with Crippen molar-refractivity contribution in [3.8, 4) is 5.75 Å². The van der Waals surface area contributed by atoms with Gasteiger partial charge in [-0.15, -0.1) is 0 Å². The molecule has 2 aliphatic heterocycles. The number of aromatic nitrogens is 4. The van der Waals surface area contributed by atoms with Crippen LogP contribution in [0.4, 0.5) is 0 Å². The molecule has 2 saturated heterocycles. The van der Waals surface area contributed by atoms with Gasteiger partial charge in [0.15, 0.2) is 6.29 Å². The van der Waals surface area contributed by atoms with Crippen LogP contribution in [0.2, 0.25) is 0 Å². The lowest BCUT2D eigenvalue weighted by molar-refractivity contribution is -0.205. The maximum atomic E-state index is 12.8. The largest absolute Gasteiger partial charge is 0.507 e. The molecule has 2 aliphatic rings. The number of hydrogen-bond acceptors (Lipinski definition) is 9. The number of carbonyl (C=O) groups is 2. The predicted molar refractivity (Wildman–Crippen MR) is 192 cm³/mol. The molecule has 2 fully saturated rings. The second kappa shape index (κ2) is 14.7. The fraction of sp³-hybridized carbons (Fsp3) is 0.316. The number of allylic oxidation sites excluding steroid dienone is 1. The second-order valence-corrected chi connectivity index (χ2v) is 13.1. The number of phenolic OH excluding ortho intramolecular Hbond substituents is 1. The minimum atomic E-state index is -0.476. The summed E-state index contributed by atoms with van der Waals surface area (Å²) in [7, 11) is 0. The molecule has 0 bridgehead atoms. The quantitative estimate of drug-likeness (QED) is 0.0531. The number of amides is 2. The number of nitrogens with one attached hydrogen (secondary N) is 3. The number of nitrogens with two attached hydrogens (primary N) is 1. The monoisotopic (exact) mass is 688 g/mol. The van der Waals surface area contributed by atoms with Crippen LogP contribution < -0.4 is 11.1 Å². The number of amidine groups is 1. The van der Waals surface area contributed by atoms with Crippen molar-refractivity contribution in [1.29, 1.82) is 10.8 Å². The highest BCUT2D eigenvalue weighted by Crippen LogP contribution is 2.34. The third-order valence-corrected chi connectivity index (χ3v) is 9.50. The number of hydrogen-bond donors (Lipinski definition) is 5. The standard InChI is InChI=1S/C38H40N8O5/c39-30(27-7-2-3-9-33(27)47)17-28(36(40)41)25-18-43-45(20-25)19-24-21-50-35(51-22-24)10-4-1-6-23-11-12-31-29(16-23)26-8-5-15-42-37(26)46(31)32-13-14-34(48)44-38(32)49/h2-3,5,7-9,11-12,15-18,20,24,32,35,39,47H,1,4,6,10,13-14,19,21-22H2,(H3,40,41)(H,44,48,49)/b28-17-,39-30?. The molecule has 0 saturated carbocycles. The smallest absolute Gasteiger partial charge is 0.249 e. The lowest BCUT2D eigenvalue weighted by Gasteiger charge is -2.29. The van der Waals surface area contributed by atoms with E-state index in [1.165, 1.54) is 17.7 Å². The number of nitrogens with zero attached hydrogens (tertiary/aromatic N) is 4. The minimum Gasteiger partial charge on any atom is -0.507 e. The molecule has 13 heteroatoms. The van der Waals surface area contributed by atoms with Gasteiger partial charge >= 0.3 is 0 Å². The summed E-state index contributed by atoms with van der Waals surface area (Å²) in [5.74, 6) is -0.636. The third kappa shape index (κ3) is 7.30. The molecule has 1 unspecified atom stereocenters. The molecule has 3 aromatic heterocycles. The van der Waals surface area contributed by atoms with Crippen LogP contribution in [0.25, 0.3) is 27.5 Å². The molecule has 0 aliphatic carbocycles. The van der Waals surface area contributed by atoms with Crippen LogP contribution in [0, 0.1) is 16.7 Å². The summed E-state index contributed by atoms with van der Waals surface area (Å²) in [6, 6.07) is 16.4. The van der Waals surface area contributed by atoms with E-state index >= 15 is 0 Å². The average molecular weight is 689 g/mol. The number of carbonyl (C=O) groups excluding carboxylic acids is 2. The van der Waals surface area contributed by atoms with Crippen molar-refractivity contribution in [1.82, 2.24) is 24.6 Å². The Hall–Kier alpha value is -5.66. The second-order valence-electron chi connectivity index (χ2n) is 13.1. The number of rotatable bonds is 12. The summed E-state index contributed by atoms with van der Waals surface area (Å²) >= 11 is 0. The van der Waals surface area contributed by atoms with Crippen LogP contribution in [0.15, 0.2) is 79.3 Å². The molecule has 5 heterocycles. The molecule has 13 nitrogen and oxygen atoms in total. The molecular formula is C38H40N8O5. The van der Waals surface area contributed by atoms with Crippen molar-refractivity contribution < 1.29 is 24.2 Å². The van der Waals surface area contributed by atoms with E-state index < -0.39 is 6.04 Å². The number of ether oxygens (including phenoxy) is 2. The van der Waals surface area contributed by atoms with Crippen LogP contribution in [-0.4, -0.2) is 67.3 Å². The van der Waals surface area contributed by atoms with E-state index in [-0.39, 0.29) is 41.3 Å². The molecule has 0 radical (unpaired) electrons. The van der Waals surface area contributed by atoms with Gasteiger partial charge in [0.05, 0.1) is 30.6 Å². The first-order valence-corrected chi connectivity index (χ1v) is 17.2. The van der Waals surface area contributed by atoms with E-state index in [4.69, 9.17) is 26.0 Å². The number of para-hydroxylation sites is 1. The summed E-state index contributed by atoms with van der Waals surface area (Å²) in [6.07, 6.45) is 10.7. The Labute approximate surface area is 294 Å². The predicted octanol–water partition coefficient (Wildman–Crippen LogP) is 4.86. The Morgan fingerprint density at radius 1 is 1.06 bits per heavy atom. The molecule has 5 aromatic rings. The van der Waals surface area contributed by atoms with Gasteiger partial charge in [-0.3, -0.25) is 25.0 Å². The molecule has 6 N–H and O–H groups in total. The van der Waals surface area contributed by atoms with Crippen molar-refractivity contribution in [2.45, 2.75) is 57.4 Å². The van der Waals surface area contributed by atoms with Crippen LogP contribution >= 0.6 is 0 Å². The SMILES string of the molecule is N=C(N)/C(=C\C(=N)c1ccccc1O)c1cnn(CC2COC(CCCCc3ccc4c(c3)c3cccnc3n4C3CCC(=O)NC3=O)OC2)c1. The highest BCUT2D eigenvalue weighted by atomic mass is 16.7. The average Bonchev–Trinajstić information content (AvgIpc) is 3.72. The van der Waals surface area contributed by atoms with Crippen molar-refractivity contribution in [3.63, 3.8) is 0 Å². The Balaban J connectivity index is 0.903. The number of aromatic hydroxyl groups is 1. The molecule has 0 spiro atoms. The van der Waals surface area contributed by atoms with Gasteiger partial charge in [-0.05, 0) is 80.1 Å². The summed E-state index contributed by atoms with van der Waals surface area (Å²) in [5, 5.41) is 35.5. The van der Waals surface area contributed by atoms with E-state index in [1.54, 1.807) is 41.5 Å². The Kier molecular flexibility index (Phi) is 9.73. The first-order valence-electron chi connectivity index (χ1n) is 17.2. The zero-order valence-electron chi connectivity index (χ0n) is 28.0. The van der Waals surface area contributed by atoms with Gasteiger partial charge in [-0.1, -0.05) is 18.2 Å². The molecular weight excluding hydrogens is 648 g/mol. The highest BCUT2D eigenvalue weighted by Gasteiger charge is 2.31. The first-order chi connectivity index (χ1) is 24.7. The number of imide groups is 1. The number of unbranched alkanes of at least 4 members (excludes halogenated alkanes) is 1. The first kappa shape index (κ1) is 33.8. The van der Waals surface area contributed by atoms with Gasteiger partial charge in [0, 0.05) is 58.7 Å². The number of aryl methyl sites for hydroxylation is 1. The Morgan fingerprint density at radius 3 is 2.67 bits per heavy atom. The van der Waals surface area contributed by atoms with Crippen molar-refractivity contribution >= 4 is 50.9 Å². The molecule has 1 atom stereocenters. The van der Waals surface area contributed by atoms with E-state index in [1.807, 2.05) is 16.7 Å². The number of benzene rings is 2. The minimum absolute atomic E-state index is 0.0157. The summed E-state index contributed by atoms with van der Waals surface area (Å²) in [5.41, 5.74) is 10.1. The lowest BCUT2D eigenvalue weighted by Crippen LogP contribution is -2.41. The van der Waals surface area contributed by atoms with Crippen LogP contribution in [-0.2, 0) is 32.0 Å². The Bertz CT molecular complexity index is 2160. The van der Waals surface area contributed by atoms with Crippen molar-refractivity contribution in [3.05, 3.63) is 96.0 Å². The number of phenols is 1. The van der Waals surface area contributed by atoms with Gasteiger partial charge in [-0.25, -0.2) is 4.98 Å². The zero-order chi connectivity index (χ0) is 35.5. The van der Waals surface area contributed by atoms with Crippen molar-refractivity contribution in [2.75, 3.05) is 13.2 Å². The summed E-state index contributed by atoms with van der Waals surface area (Å²) in [4.78, 5) is 29.1. The highest BCUT2D eigenvalue weighted by molar-refractivity contribution is 6.27. The summed E-state index contributed by atoms with van der Waals surface area (Å²) in [6.45, 7) is 1.64. The van der Waals surface area contributed by atoms with Crippen molar-refractivity contribution in [2.24, 2.45) is 11.7 Å². The van der Waals surface area contributed by atoms with Crippen LogP contribution in [0.3, 0.4) is 0 Å². The Morgan fingerprint density at radius 2 is 1.88 bits per heavy atom.